The fraction of sp³-hybridized carbons (Fsp3) is 0.278. The number of ether oxygens (including phenoxy) is 1. The monoisotopic (exact) mass is 503 g/mol. The first kappa shape index (κ1) is 24.3. The summed E-state index contributed by atoms with van der Waals surface area (Å²) in [4.78, 5) is 10.5. The Kier molecular flexibility index (Phi) is 7.66. The Hall–Kier alpha value is -1.96. The average molecular weight is 503 g/mol. The third kappa shape index (κ3) is 5.80. The summed E-state index contributed by atoms with van der Waals surface area (Å²) in [6.07, 6.45) is 0.518. The fourth-order valence-corrected chi connectivity index (χ4v) is 5.47. The van der Waals surface area contributed by atoms with E-state index in [4.69, 9.17) is 4.74 Å². The molecule has 0 unspecified atom stereocenters. The number of esters is 1. The fourth-order valence-electron chi connectivity index (χ4n) is 2.50. The average Bonchev–Trinajstić information content (AvgIpc) is 2.66. The summed E-state index contributed by atoms with van der Waals surface area (Å²) in [5.74, 6) is -1.06. The molecule has 0 saturated heterocycles. The van der Waals surface area contributed by atoms with Gasteiger partial charge in [0.2, 0.25) is 0 Å². The van der Waals surface area contributed by atoms with Crippen molar-refractivity contribution in [3.63, 3.8) is 0 Å². The zero-order chi connectivity index (χ0) is 22.7. The number of carbonyl (C=O) groups excluding carboxylic acids is 1. The van der Waals surface area contributed by atoms with Gasteiger partial charge in [0, 0.05) is 0 Å². The molecule has 12 heteroatoms. The minimum atomic E-state index is -4.78. The summed E-state index contributed by atoms with van der Waals surface area (Å²) in [5, 5.41) is 0.152. The van der Waals surface area contributed by atoms with Gasteiger partial charge in [-0.05, 0) is 0 Å². The van der Waals surface area contributed by atoms with Crippen molar-refractivity contribution in [1.82, 2.24) is 0 Å². The number of benzene rings is 2. The molecule has 0 saturated carbocycles. The van der Waals surface area contributed by atoms with E-state index in [9.17, 15) is 34.6 Å². The number of hydrogen-bond donors (Lipinski definition) is 2. The topological polar surface area (TPSA) is 152 Å². The van der Waals surface area contributed by atoms with E-state index in [1.165, 1.54) is 18.2 Å². The molecule has 0 aliphatic carbocycles. The second-order valence-corrected chi connectivity index (χ2v) is 10.9. The van der Waals surface area contributed by atoms with E-state index in [1.54, 1.807) is 13.8 Å². The maximum atomic E-state index is 12.1. The molecule has 2 aromatic carbocycles. The van der Waals surface area contributed by atoms with Crippen molar-refractivity contribution >= 4 is 30.7 Å². The third-order valence-corrected chi connectivity index (χ3v) is 7.51. The molecule has 2 aromatic rings. The molecular formula is C18H20CoO9S2. The number of carbonyl (C=O) groups is 1. The molecule has 30 heavy (non-hydrogen) atoms. The maximum absolute atomic E-state index is 12.1. The van der Waals surface area contributed by atoms with Crippen molar-refractivity contribution in [1.29, 1.82) is 0 Å². The van der Waals surface area contributed by atoms with Crippen LogP contribution in [-0.2, 0) is 42.5 Å². The third-order valence-electron chi connectivity index (χ3n) is 3.84. The molecule has 0 fully saturated rings. The molecule has 0 radical (unpaired) electrons. The first-order chi connectivity index (χ1) is 13.9. The Morgan fingerprint density at radius 1 is 0.933 bits per heavy atom. The standard InChI is InChI=1S/C16H15O8S2.C2H5.Co.O/c1-2-4-16(17)24-14-8-7-12(10-15(14)26(21,22)23)11-5-3-6-13(9-11)25(18,19)20;1-2;;/h3,5,7-10H,2,4H2,1H3,(H,18,19,20)(H,21,22,23);1H2,2H3;;. The van der Waals surface area contributed by atoms with Crippen LogP contribution in [0.3, 0.4) is 0 Å². The van der Waals surface area contributed by atoms with Gasteiger partial charge in [-0.2, -0.15) is 0 Å². The zero-order valence-corrected chi connectivity index (χ0v) is 18.7. The van der Waals surface area contributed by atoms with Gasteiger partial charge in [0.15, 0.2) is 0 Å². The van der Waals surface area contributed by atoms with Gasteiger partial charge < -0.3 is 0 Å². The molecular weight excluding hydrogens is 483 g/mol. The first-order valence-corrected chi connectivity index (χ1v) is 13.1. The molecule has 2 rings (SSSR count). The molecule has 9 nitrogen and oxygen atoms in total. The van der Waals surface area contributed by atoms with Gasteiger partial charge >= 0.3 is 172 Å². The first-order valence-electron chi connectivity index (χ1n) is 8.58. The van der Waals surface area contributed by atoms with Crippen molar-refractivity contribution in [2.24, 2.45) is 0 Å². The van der Waals surface area contributed by atoms with Gasteiger partial charge in [-0.15, -0.1) is 0 Å². The summed E-state index contributed by atoms with van der Waals surface area (Å²) in [7, 11) is -9.49. The minimum absolute atomic E-state index is 0.0430. The predicted molar refractivity (Wildman–Crippen MR) is 103 cm³/mol. The van der Waals surface area contributed by atoms with Crippen LogP contribution in [-0.4, -0.2) is 31.9 Å². The Labute approximate surface area is 178 Å². The van der Waals surface area contributed by atoms with E-state index < -0.39 is 49.6 Å². The van der Waals surface area contributed by atoms with Crippen LogP contribution in [0.5, 0.6) is 5.75 Å². The predicted octanol–water partition coefficient (Wildman–Crippen LogP) is 2.58. The SMILES string of the molecule is CCCC(=O)Oc1ccc(-c2cc[c]([Co](=[O])[CH2]C)c(S(=O)(=O)O)c2)cc1S(=O)(=O)O. The Balaban J connectivity index is 2.65. The summed E-state index contributed by atoms with van der Waals surface area (Å²) in [6.45, 7) is 3.33. The van der Waals surface area contributed by atoms with E-state index in [0.29, 0.717) is 6.42 Å². The van der Waals surface area contributed by atoms with Crippen molar-refractivity contribution in [2.45, 2.75) is 41.8 Å². The van der Waals surface area contributed by atoms with Crippen LogP contribution >= 0.6 is 0 Å². The van der Waals surface area contributed by atoms with Crippen molar-refractivity contribution in [2.75, 3.05) is 0 Å². The molecule has 0 spiro atoms. The molecule has 0 aliphatic heterocycles. The van der Waals surface area contributed by atoms with Gasteiger partial charge in [0.25, 0.3) is 0 Å². The summed E-state index contributed by atoms with van der Waals surface area (Å²) in [5.41, 5.74) is 0.322. The van der Waals surface area contributed by atoms with Gasteiger partial charge in [-0.25, -0.2) is 0 Å². The summed E-state index contributed by atoms with van der Waals surface area (Å²) < 4.78 is 83.2. The number of rotatable bonds is 8. The molecule has 167 valence electrons. The van der Waals surface area contributed by atoms with Crippen molar-refractivity contribution in [3.8, 4) is 16.9 Å². The van der Waals surface area contributed by atoms with Crippen molar-refractivity contribution < 1.29 is 52.9 Å². The van der Waals surface area contributed by atoms with Crippen LogP contribution in [0.1, 0.15) is 26.7 Å². The number of hydrogen-bond acceptors (Lipinski definition) is 7. The molecule has 0 bridgehead atoms. The second kappa shape index (κ2) is 9.45. The van der Waals surface area contributed by atoms with E-state index in [0.717, 1.165) is 18.2 Å². The Morgan fingerprint density at radius 3 is 1.97 bits per heavy atom. The Morgan fingerprint density at radius 2 is 1.47 bits per heavy atom. The van der Waals surface area contributed by atoms with Gasteiger partial charge in [0.1, 0.15) is 0 Å². The van der Waals surface area contributed by atoms with Crippen LogP contribution in [0.2, 0.25) is 5.36 Å². The molecule has 0 atom stereocenters. The summed E-state index contributed by atoms with van der Waals surface area (Å²) in [6, 6.07) is 7.23. The van der Waals surface area contributed by atoms with E-state index in [1.807, 2.05) is 0 Å². The van der Waals surface area contributed by atoms with Crippen LogP contribution in [0.25, 0.3) is 11.1 Å². The summed E-state index contributed by atoms with van der Waals surface area (Å²) >= 11 is -2.04. The molecule has 0 aromatic heterocycles. The van der Waals surface area contributed by atoms with Crippen LogP contribution in [0, 0.1) is 0 Å². The van der Waals surface area contributed by atoms with Crippen molar-refractivity contribution in [3.05, 3.63) is 36.4 Å². The molecule has 0 aliphatic rings. The van der Waals surface area contributed by atoms with Gasteiger partial charge in [-0.1, -0.05) is 6.92 Å². The van der Waals surface area contributed by atoms with Gasteiger partial charge in [0.05, 0.1) is 0 Å². The Bertz CT molecular complexity index is 1200. The van der Waals surface area contributed by atoms with E-state index in [2.05, 4.69) is 0 Å². The van der Waals surface area contributed by atoms with E-state index >= 15 is 0 Å². The molecule has 0 heterocycles. The van der Waals surface area contributed by atoms with Crippen LogP contribution in [0.4, 0.5) is 0 Å². The second-order valence-electron chi connectivity index (χ2n) is 5.97. The zero-order valence-electron chi connectivity index (χ0n) is 16.0. The molecule has 2 N–H and O–H groups in total. The van der Waals surface area contributed by atoms with Crippen LogP contribution < -0.4 is 9.23 Å². The molecule has 0 amide bonds. The van der Waals surface area contributed by atoms with Crippen LogP contribution in [0.15, 0.2) is 46.2 Å². The van der Waals surface area contributed by atoms with E-state index in [-0.39, 0.29) is 33.2 Å². The normalized spacial score (nSPS) is 12.5. The van der Waals surface area contributed by atoms with Gasteiger partial charge in [-0.3, -0.25) is 0 Å². The quantitative estimate of drug-likeness (QED) is 0.314.